The summed E-state index contributed by atoms with van der Waals surface area (Å²) in [6, 6.07) is 3.78. The van der Waals surface area contributed by atoms with Gasteiger partial charge >= 0.3 is 0 Å². The largest absolute Gasteiger partial charge is 0.384 e. The average Bonchev–Trinajstić information content (AvgIpc) is 2.39. The molecule has 3 N–H and O–H groups in total. The molecule has 1 saturated heterocycles. The Bertz CT molecular complexity index is 449. The van der Waals surface area contributed by atoms with Gasteiger partial charge in [-0.05, 0) is 32.0 Å². The van der Waals surface area contributed by atoms with Gasteiger partial charge in [0.15, 0.2) is 0 Å². The van der Waals surface area contributed by atoms with E-state index in [2.05, 4.69) is 21.7 Å². The van der Waals surface area contributed by atoms with Gasteiger partial charge in [0.1, 0.15) is 11.7 Å². The molecule has 0 aliphatic carbocycles. The molecule has 0 saturated carbocycles. The number of nitrogens with one attached hydrogen (secondary N) is 1. The van der Waals surface area contributed by atoms with E-state index in [0.29, 0.717) is 0 Å². The maximum Gasteiger partial charge on any atom is 0.129 e. The number of amidine groups is 1. The molecule has 0 unspecified atom stereocenters. The summed E-state index contributed by atoms with van der Waals surface area (Å²) in [5, 5.41) is 7.55. The Morgan fingerprint density at radius 1 is 1.32 bits per heavy atom. The lowest BCUT2D eigenvalue weighted by atomic mass is 10.2. The third-order valence-corrected chi connectivity index (χ3v) is 3.49. The molecule has 1 aliphatic heterocycles. The molecule has 1 fully saturated rings. The van der Waals surface area contributed by atoms with Gasteiger partial charge in [-0.2, -0.15) is 0 Å². The van der Waals surface area contributed by atoms with Crippen molar-refractivity contribution in [3.8, 4) is 0 Å². The first-order valence-corrected chi connectivity index (χ1v) is 6.90. The summed E-state index contributed by atoms with van der Waals surface area (Å²) in [4.78, 5) is 9.33. The van der Waals surface area contributed by atoms with Crippen LogP contribution in [0.3, 0.4) is 0 Å². The highest BCUT2D eigenvalue weighted by atomic mass is 15.3. The van der Waals surface area contributed by atoms with Crippen molar-refractivity contribution in [3.05, 3.63) is 23.4 Å². The van der Waals surface area contributed by atoms with Crippen molar-refractivity contribution >= 4 is 11.7 Å². The smallest absolute Gasteiger partial charge is 0.129 e. The first-order chi connectivity index (χ1) is 9.10. The number of aryl methyl sites for hydroxylation is 1. The van der Waals surface area contributed by atoms with E-state index >= 15 is 0 Å². The molecule has 2 heterocycles. The fourth-order valence-electron chi connectivity index (χ4n) is 2.49. The molecule has 0 bridgehead atoms. The Kier molecular flexibility index (Phi) is 4.37. The van der Waals surface area contributed by atoms with Crippen LogP contribution in [-0.2, 0) is 0 Å². The van der Waals surface area contributed by atoms with Gasteiger partial charge in [-0.3, -0.25) is 10.3 Å². The van der Waals surface area contributed by atoms with Crippen LogP contribution in [0.4, 0.5) is 5.82 Å². The van der Waals surface area contributed by atoms with E-state index in [9.17, 15) is 0 Å². The van der Waals surface area contributed by atoms with Crippen molar-refractivity contribution in [2.75, 3.05) is 37.6 Å². The summed E-state index contributed by atoms with van der Waals surface area (Å²) in [5.41, 5.74) is 7.25. The molecular weight excluding hydrogens is 238 g/mol. The minimum Gasteiger partial charge on any atom is -0.384 e. The van der Waals surface area contributed by atoms with Crippen LogP contribution in [0.15, 0.2) is 12.1 Å². The summed E-state index contributed by atoms with van der Waals surface area (Å²) in [6.07, 6.45) is 1.21. The van der Waals surface area contributed by atoms with E-state index in [1.54, 1.807) is 0 Å². The highest BCUT2D eigenvalue weighted by molar-refractivity contribution is 5.95. The number of rotatable bonds is 4. The number of nitrogen functional groups attached to an aromatic ring is 1. The highest BCUT2D eigenvalue weighted by Crippen LogP contribution is 2.17. The van der Waals surface area contributed by atoms with Gasteiger partial charge in [0.05, 0.1) is 0 Å². The molecule has 5 nitrogen and oxygen atoms in total. The second-order valence-electron chi connectivity index (χ2n) is 5.10. The number of nitrogens with two attached hydrogens (primary N) is 1. The van der Waals surface area contributed by atoms with Crippen molar-refractivity contribution < 1.29 is 0 Å². The van der Waals surface area contributed by atoms with Crippen LogP contribution in [0, 0.1) is 12.3 Å². The number of hydrogen-bond donors (Lipinski definition) is 2. The van der Waals surface area contributed by atoms with E-state index in [0.717, 1.165) is 43.3 Å². The third-order valence-electron chi connectivity index (χ3n) is 3.49. The summed E-state index contributed by atoms with van der Waals surface area (Å²) >= 11 is 0. The number of hydrogen-bond acceptors (Lipinski definition) is 4. The Balaban J connectivity index is 2.09. The second kappa shape index (κ2) is 6.02. The molecule has 0 aromatic carbocycles. The van der Waals surface area contributed by atoms with Gasteiger partial charge < -0.3 is 10.6 Å². The summed E-state index contributed by atoms with van der Waals surface area (Å²) in [5.74, 6) is 1.05. The van der Waals surface area contributed by atoms with E-state index in [1.807, 2.05) is 19.1 Å². The van der Waals surface area contributed by atoms with Crippen LogP contribution in [0.25, 0.3) is 0 Å². The minimum atomic E-state index is 0.108. The molecule has 0 atom stereocenters. The first kappa shape index (κ1) is 13.8. The van der Waals surface area contributed by atoms with Crippen LogP contribution < -0.4 is 10.6 Å². The monoisotopic (exact) mass is 261 g/mol. The first-order valence-electron chi connectivity index (χ1n) is 6.90. The maximum atomic E-state index is 7.55. The topological polar surface area (TPSA) is 69.2 Å². The lowest BCUT2D eigenvalue weighted by molar-refractivity contribution is 0.258. The van der Waals surface area contributed by atoms with Gasteiger partial charge in [0.25, 0.3) is 0 Å². The van der Waals surface area contributed by atoms with Crippen LogP contribution in [-0.4, -0.2) is 48.4 Å². The van der Waals surface area contributed by atoms with Gasteiger partial charge in [-0.25, -0.2) is 4.98 Å². The van der Waals surface area contributed by atoms with Crippen molar-refractivity contribution in [2.45, 2.75) is 20.3 Å². The standard InChI is InChI=1S/C14H23N5/c1-3-4-18-5-7-19(8-6-18)13-10-12(14(15)16)9-11(2)17-13/h9-10H,3-8H2,1-2H3,(H3,15,16). The number of aromatic nitrogens is 1. The number of anilines is 1. The molecule has 0 radical (unpaired) electrons. The highest BCUT2D eigenvalue weighted by Gasteiger charge is 2.18. The molecule has 5 heteroatoms. The molecule has 104 valence electrons. The Morgan fingerprint density at radius 2 is 2.00 bits per heavy atom. The van der Waals surface area contributed by atoms with Crippen molar-refractivity contribution in [1.29, 1.82) is 5.41 Å². The SMILES string of the molecule is CCCN1CCN(c2cc(C(=N)N)cc(C)n2)CC1. The number of pyridine rings is 1. The normalized spacial score (nSPS) is 16.6. The fraction of sp³-hybridized carbons (Fsp3) is 0.571. The van der Waals surface area contributed by atoms with Crippen LogP contribution in [0.2, 0.25) is 0 Å². The zero-order chi connectivity index (χ0) is 13.8. The molecule has 2 rings (SSSR count). The zero-order valence-corrected chi connectivity index (χ0v) is 11.8. The van der Waals surface area contributed by atoms with E-state index in [1.165, 1.54) is 13.0 Å². The fourth-order valence-corrected chi connectivity index (χ4v) is 2.49. The molecule has 1 aromatic heterocycles. The Morgan fingerprint density at radius 3 is 2.58 bits per heavy atom. The van der Waals surface area contributed by atoms with Crippen LogP contribution in [0.1, 0.15) is 24.6 Å². The molecule has 19 heavy (non-hydrogen) atoms. The Hall–Kier alpha value is -1.62. The lowest BCUT2D eigenvalue weighted by Gasteiger charge is -2.35. The summed E-state index contributed by atoms with van der Waals surface area (Å²) < 4.78 is 0. The summed E-state index contributed by atoms with van der Waals surface area (Å²) in [7, 11) is 0. The molecule has 1 aromatic rings. The molecule has 0 amide bonds. The number of piperazine rings is 1. The molecular formula is C14H23N5. The van der Waals surface area contributed by atoms with E-state index < -0.39 is 0 Å². The quantitative estimate of drug-likeness (QED) is 0.631. The van der Waals surface area contributed by atoms with E-state index in [-0.39, 0.29) is 5.84 Å². The van der Waals surface area contributed by atoms with Crippen LogP contribution >= 0.6 is 0 Å². The second-order valence-corrected chi connectivity index (χ2v) is 5.10. The lowest BCUT2D eigenvalue weighted by Crippen LogP contribution is -2.46. The van der Waals surface area contributed by atoms with E-state index in [4.69, 9.17) is 11.1 Å². The number of nitrogens with zero attached hydrogens (tertiary/aromatic N) is 3. The maximum absolute atomic E-state index is 7.55. The van der Waals surface area contributed by atoms with Gasteiger partial charge in [0.2, 0.25) is 0 Å². The van der Waals surface area contributed by atoms with Gasteiger partial charge in [-0.1, -0.05) is 6.92 Å². The average molecular weight is 261 g/mol. The summed E-state index contributed by atoms with van der Waals surface area (Å²) in [6.45, 7) is 9.49. The Labute approximate surface area is 114 Å². The third kappa shape index (κ3) is 3.44. The minimum absolute atomic E-state index is 0.108. The predicted molar refractivity (Wildman–Crippen MR) is 78.9 cm³/mol. The predicted octanol–water partition coefficient (Wildman–Crippen LogP) is 1.21. The zero-order valence-electron chi connectivity index (χ0n) is 11.8. The van der Waals surface area contributed by atoms with Crippen molar-refractivity contribution in [1.82, 2.24) is 9.88 Å². The molecule has 1 aliphatic rings. The van der Waals surface area contributed by atoms with Gasteiger partial charge in [-0.15, -0.1) is 0 Å². The van der Waals surface area contributed by atoms with Crippen molar-refractivity contribution in [3.63, 3.8) is 0 Å². The van der Waals surface area contributed by atoms with Gasteiger partial charge in [0, 0.05) is 37.4 Å². The van der Waals surface area contributed by atoms with Crippen molar-refractivity contribution in [2.24, 2.45) is 5.73 Å². The van der Waals surface area contributed by atoms with Crippen LogP contribution in [0.5, 0.6) is 0 Å². The molecule has 0 spiro atoms.